The van der Waals surface area contributed by atoms with Gasteiger partial charge in [-0.3, -0.25) is 4.57 Å². The second kappa shape index (κ2) is 5.49. The van der Waals surface area contributed by atoms with Gasteiger partial charge >= 0.3 is 0 Å². The topological polar surface area (TPSA) is 35.5 Å². The number of halogens is 1. The van der Waals surface area contributed by atoms with Gasteiger partial charge < -0.3 is 9.26 Å². The quantitative estimate of drug-likeness (QED) is 0.721. The van der Waals surface area contributed by atoms with Crippen LogP contribution in [-0.4, -0.2) is 31.6 Å². The van der Waals surface area contributed by atoms with E-state index in [1.807, 2.05) is 20.8 Å². The van der Waals surface area contributed by atoms with Crippen molar-refractivity contribution in [2.75, 3.05) is 25.5 Å². The van der Waals surface area contributed by atoms with Crippen molar-refractivity contribution in [2.24, 2.45) is 0 Å². The van der Waals surface area contributed by atoms with Crippen LogP contribution in [0.1, 0.15) is 20.8 Å². The Kier molecular flexibility index (Phi) is 4.85. The second-order valence-electron chi connectivity index (χ2n) is 3.65. The van der Waals surface area contributed by atoms with Crippen LogP contribution >= 0.6 is 19.0 Å². The molecule has 1 aliphatic heterocycles. The lowest BCUT2D eigenvalue weighted by molar-refractivity contribution is 0.104. The van der Waals surface area contributed by atoms with E-state index in [1.165, 1.54) is 0 Å². The molecule has 15 heavy (non-hydrogen) atoms. The van der Waals surface area contributed by atoms with E-state index in [2.05, 4.69) is 0 Å². The lowest BCUT2D eigenvalue weighted by Gasteiger charge is -2.29. The predicted molar refractivity (Wildman–Crippen MR) is 62.9 cm³/mol. The highest BCUT2D eigenvalue weighted by molar-refractivity contribution is 7.59. The van der Waals surface area contributed by atoms with Crippen molar-refractivity contribution >= 4 is 19.0 Å². The molecule has 0 fully saturated rings. The largest absolute Gasteiger partial charge is 0.372 e. The summed E-state index contributed by atoms with van der Waals surface area (Å²) in [4.78, 5) is 0. The monoisotopic (exact) mass is 252 g/mol. The maximum absolute atomic E-state index is 12.3. The van der Waals surface area contributed by atoms with Gasteiger partial charge in [-0.1, -0.05) is 11.6 Å². The molecule has 0 bridgehead atoms. The van der Waals surface area contributed by atoms with Crippen molar-refractivity contribution in [3.63, 3.8) is 0 Å². The molecular formula is C10H18ClO3P. The molecule has 5 heteroatoms. The summed E-state index contributed by atoms with van der Waals surface area (Å²) in [6.45, 7) is 6.69. The van der Waals surface area contributed by atoms with E-state index in [9.17, 15) is 4.57 Å². The van der Waals surface area contributed by atoms with Gasteiger partial charge in [0.05, 0.1) is 12.8 Å². The summed E-state index contributed by atoms with van der Waals surface area (Å²) in [6, 6.07) is 0. The fraction of sp³-hybridized carbons (Fsp3) is 0.800. The molecule has 0 aromatic heterocycles. The van der Waals surface area contributed by atoms with Crippen LogP contribution in [0.3, 0.4) is 0 Å². The summed E-state index contributed by atoms with van der Waals surface area (Å²) in [5.41, 5.74) is 0.929. The van der Waals surface area contributed by atoms with Crippen LogP contribution in [0.2, 0.25) is 0 Å². The van der Waals surface area contributed by atoms with Gasteiger partial charge in [-0.2, -0.15) is 0 Å². The van der Waals surface area contributed by atoms with E-state index in [0.29, 0.717) is 30.6 Å². The highest BCUT2D eigenvalue weighted by Gasteiger charge is 2.35. The molecular weight excluding hydrogens is 235 g/mol. The molecule has 0 saturated carbocycles. The Labute approximate surface area is 96.2 Å². The summed E-state index contributed by atoms with van der Waals surface area (Å²) in [5, 5.41) is 0.697. The van der Waals surface area contributed by atoms with Crippen LogP contribution in [0.4, 0.5) is 0 Å². The normalized spacial score (nSPS) is 32.1. The third-order valence-corrected chi connectivity index (χ3v) is 5.48. The molecule has 0 aromatic carbocycles. The molecule has 2 atom stereocenters. The van der Waals surface area contributed by atoms with Gasteiger partial charge in [0, 0.05) is 17.8 Å². The van der Waals surface area contributed by atoms with Gasteiger partial charge in [0.1, 0.15) is 6.10 Å². The molecule has 1 rings (SSSR count). The Morgan fingerprint density at radius 1 is 1.47 bits per heavy atom. The molecule has 1 aliphatic rings. The number of rotatable bonds is 4. The molecule has 2 unspecified atom stereocenters. The van der Waals surface area contributed by atoms with Crippen molar-refractivity contribution in [3.05, 3.63) is 10.6 Å². The van der Waals surface area contributed by atoms with E-state index in [4.69, 9.17) is 20.9 Å². The summed E-state index contributed by atoms with van der Waals surface area (Å²) < 4.78 is 23.1. The van der Waals surface area contributed by atoms with Crippen molar-refractivity contribution in [3.8, 4) is 0 Å². The smallest absolute Gasteiger partial charge is 0.210 e. The zero-order valence-electron chi connectivity index (χ0n) is 9.46. The second-order valence-corrected chi connectivity index (χ2v) is 6.62. The lowest BCUT2D eigenvalue weighted by Crippen LogP contribution is -2.25. The summed E-state index contributed by atoms with van der Waals surface area (Å²) in [7, 11) is -2.56. The first-order valence-electron chi connectivity index (χ1n) is 5.21. The van der Waals surface area contributed by atoms with Crippen molar-refractivity contribution in [2.45, 2.75) is 26.9 Å². The highest BCUT2D eigenvalue weighted by atomic mass is 35.5. The minimum absolute atomic E-state index is 0.247. The molecule has 0 radical (unpaired) electrons. The van der Waals surface area contributed by atoms with Gasteiger partial charge in [-0.15, -0.1) is 0 Å². The summed E-state index contributed by atoms with van der Waals surface area (Å²) >= 11 is 6.12. The minimum Gasteiger partial charge on any atom is -0.372 e. The first-order chi connectivity index (χ1) is 7.02. The standard InChI is InChI=1S/C10H18ClO3P/c1-4-13-9-7-15(12,14-5-2)6-8(3)10(9)11/h9H,4-7H2,1-3H3. The van der Waals surface area contributed by atoms with E-state index < -0.39 is 7.37 Å². The van der Waals surface area contributed by atoms with Crippen LogP contribution in [-0.2, 0) is 13.8 Å². The van der Waals surface area contributed by atoms with Crippen LogP contribution < -0.4 is 0 Å². The SMILES string of the molecule is CCOC1CP(=O)(OCC)CC(C)=C1Cl. The first-order valence-corrected chi connectivity index (χ1v) is 7.59. The van der Waals surface area contributed by atoms with Crippen molar-refractivity contribution in [1.29, 1.82) is 0 Å². The summed E-state index contributed by atoms with van der Waals surface area (Å²) in [5.74, 6) is 0. The van der Waals surface area contributed by atoms with Gasteiger partial charge in [0.2, 0.25) is 7.37 Å². The molecule has 0 N–H and O–H groups in total. The highest BCUT2D eigenvalue weighted by Crippen LogP contribution is 2.53. The van der Waals surface area contributed by atoms with Gasteiger partial charge in [0.25, 0.3) is 0 Å². The molecule has 0 amide bonds. The van der Waals surface area contributed by atoms with E-state index in [1.54, 1.807) is 0 Å². The van der Waals surface area contributed by atoms with Crippen LogP contribution in [0.15, 0.2) is 10.6 Å². The third-order valence-electron chi connectivity index (χ3n) is 2.34. The van der Waals surface area contributed by atoms with Crippen LogP contribution in [0, 0.1) is 0 Å². The Balaban J connectivity index is 2.84. The maximum Gasteiger partial charge on any atom is 0.210 e. The zero-order chi connectivity index (χ0) is 11.5. The number of allylic oxidation sites excluding steroid dienone is 1. The Morgan fingerprint density at radius 2 is 2.13 bits per heavy atom. The molecule has 0 aromatic rings. The van der Waals surface area contributed by atoms with E-state index >= 15 is 0 Å². The molecule has 1 heterocycles. The van der Waals surface area contributed by atoms with Crippen LogP contribution in [0.25, 0.3) is 0 Å². The van der Waals surface area contributed by atoms with Gasteiger partial charge in [-0.25, -0.2) is 0 Å². The number of hydrogen-bond acceptors (Lipinski definition) is 3. The molecule has 3 nitrogen and oxygen atoms in total. The zero-order valence-corrected chi connectivity index (χ0v) is 11.1. The molecule has 88 valence electrons. The molecule has 0 saturated heterocycles. The fourth-order valence-electron chi connectivity index (χ4n) is 1.77. The average Bonchev–Trinajstić information content (AvgIpc) is 2.14. The predicted octanol–water partition coefficient (Wildman–Crippen LogP) is 3.23. The summed E-state index contributed by atoms with van der Waals surface area (Å²) in [6.07, 6.45) is 0.622. The van der Waals surface area contributed by atoms with E-state index in [0.717, 1.165) is 5.57 Å². The number of hydrogen-bond donors (Lipinski definition) is 0. The van der Waals surface area contributed by atoms with Crippen LogP contribution in [0.5, 0.6) is 0 Å². The van der Waals surface area contributed by atoms with Crippen molar-refractivity contribution in [1.82, 2.24) is 0 Å². The molecule has 0 spiro atoms. The van der Waals surface area contributed by atoms with Gasteiger partial charge in [0.15, 0.2) is 0 Å². The van der Waals surface area contributed by atoms with Crippen molar-refractivity contribution < 1.29 is 13.8 Å². The Bertz CT molecular complexity index is 301. The van der Waals surface area contributed by atoms with Gasteiger partial charge in [-0.05, 0) is 26.3 Å². The third kappa shape index (κ3) is 3.32. The fourth-order valence-corrected chi connectivity index (χ4v) is 4.66. The Morgan fingerprint density at radius 3 is 2.67 bits per heavy atom. The average molecular weight is 253 g/mol. The Hall–Kier alpha value is 0.180. The van der Waals surface area contributed by atoms with E-state index in [-0.39, 0.29) is 6.10 Å². The maximum atomic E-state index is 12.3. The molecule has 0 aliphatic carbocycles. The number of ether oxygens (including phenoxy) is 1. The lowest BCUT2D eigenvalue weighted by atomic mass is 10.2. The first kappa shape index (κ1) is 13.2. The minimum atomic E-state index is -2.56.